The molecule has 1 saturated heterocycles. The summed E-state index contributed by atoms with van der Waals surface area (Å²) in [5.74, 6) is 0.798. The van der Waals surface area contributed by atoms with Gasteiger partial charge in [-0.05, 0) is 64.9 Å². The minimum absolute atomic E-state index is 0.334. The predicted octanol–water partition coefficient (Wildman–Crippen LogP) is 2.46. The molecule has 100 valence electrons. The summed E-state index contributed by atoms with van der Waals surface area (Å²) in [6.45, 7) is 6.98. The number of nitrogens with zero attached hydrogens (tertiary/aromatic N) is 2. The van der Waals surface area contributed by atoms with Gasteiger partial charge in [-0.1, -0.05) is 6.07 Å². The summed E-state index contributed by atoms with van der Waals surface area (Å²) < 4.78 is 0. The van der Waals surface area contributed by atoms with E-state index in [2.05, 4.69) is 48.2 Å². The maximum Gasteiger partial charge on any atom is 0.0570 e. The van der Waals surface area contributed by atoms with Gasteiger partial charge in [0.25, 0.3) is 0 Å². The standard InChI is InChI=1S/C15H25N3/c1-12(14-7-10-18(3)11-8-14)17-13(2)15-6-4-5-9-16-15/h4-6,9,12-14,17H,7-8,10-11H2,1-3H3/t12?,13-/m0/s1. The van der Waals surface area contributed by atoms with E-state index in [0.717, 1.165) is 11.6 Å². The molecule has 1 aromatic rings. The van der Waals surface area contributed by atoms with Gasteiger partial charge in [0.1, 0.15) is 0 Å². The van der Waals surface area contributed by atoms with Crippen LogP contribution in [0, 0.1) is 5.92 Å². The number of nitrogens with one attached hydrogen (secondary N) is 1. The molecular weight excluding hydrogens is 222 g/mol. The third kappa shape index (κ3) is 3.53. The van der Waals surface area contributed by atoms with Crippen LogP contribution >= 0.6 is 0 Å². The van der Waals surface area contributed by atoms with E-state index in [1.54, 1.807) is 0 Å². The Morgan fingerprint density at radius 3 is 2.61 bits per heavy atom. The summed E-state index contributed by atoms with van der Waals surface area (Å²) in [6, 6.07) is 7.02. The lowest BCUT2D eigenvalue weighted by molar-refractivity contribution is 0.185. The Balaban J connectivity index is 1.85. The highest BCUT2D eigenvalue weighted by atomic mass is 15.1. The maximum absolute atomic E-state index is 4.42. The van der Waals surface area contributed by atoms with E-state index >= 15 is 0 Å². The third-order valence-electron chi connectivity index (χ3n) is 4.11. The highest BCUT2D eigenvalue weighted by Gasteiger charge is 2.23. The molecule has 0 amide bonds. The Morgan fingerprint density at radius 2 is 2.00 bits per heavy atom. The van der Waals surface area contributed by atoms with E-state index in [0.29, 0.717) is 12.1 Å². The SMILES string of the molecule is CC(N[C@@H](C)c1ccccn1)C1CCN(C)CC1. The molecule has 2 heterocycles. The molecule has 1 aliphatic rings. The first kappa shape index (κ1) is 13.5. The third-order valence-corrected chi connectivity index (χ3v) is 4.11. The molecule has 18 heavy (non-hydrogen) atoms. The fourth-order valence-corrected chi connectivity index (χ4v) is 2.78. The number of hydrogen-bond acceptors (Lipinski definition) is 3. The first-order valence-electron chi connectivity index (χ1n) is 7.02. The lowest BCUT2D eigenvalue weighted by Gasteiger charge is -2.34. The highest BCUT2D eigenvalue weighted by Crippen LogP contribution is 2.21. The van der Waals surface area contributed by atoms with E-state index < -0.39 is 0 Å². The number of pyridine rings is 1. The summed E-state index contributed by atoms with van der Waals surface area (Å²) in [5, 5.41) is 3.70. The molecule has 0 bridgehead atoms. The van der Waals surface area contributed by atoms with E-state index in [-0.39, 0.29) is 0 Å². The monoisotopic (exact) mass is 247 g/mol. The van der Waals surface area contributed by atoms with Gasteiger partial charge in [-0.2, -0.15) is 0 Å². The molecule has 0 saturated carbocycles. The van der Waals surface area contributed by atoms with Gasteiger partial charge in [-0.15, -0.1) is 0 Å². The summed E-state index contributed by atoms with van der Waals surface area (Å²) in [6.07, 6.45) is 4.48. The molecule has 0 radical (unpaired) electrons. The van der Waals surface area contributed by atoms with Crippen molar-refractivity contribution in [3.8, 4) is 0 Å². The van der Waals surface area contributed by atoms with Crippen molar-refractivity contribution >= 4 is 0 Å². The maximum atomic E-state index is 4.42. The zero-order valence-corrected chi connectivity index (χ0v) is 11.8. The number of likely N-dealkylation sites (tertiary alicyclic amines) is 1. The van der Waals surface area contributed by atoms with Crippen LogP contribution in [0.4, 0.5) is 0 Å². The first-order chi connectivity index (χ1) is 8.66. The van der Waals surface area contributed by atoms with Crippen LogP contribution in [0.1, 0.15) is 38.4 Å². The van der Waals surface area contributed by atoms with Crippen molar-refractivity contribution in [2.45, 2.75) is 38.8 Å². The van der Waals surface area contributed by atoms with Gasteiger partial charge in [0, 0.05) is 18.3 Å². The van der Waals surface area contributed by atoms with Crippen molar-refractivity contribution in [1.29, 1.82) is 0 Å². The second-order valence-electron chi connectivity index (χ2n) is 5.57. The smallest absolute Gasteiger partial charge is 0.0570 e. The van der Waals surface area contributed by atoms with Gasteiger partial charge in [0.2, 0.25) is 0 Å². The highest BCUT2D eigenvalue weighted by molar-refractivity contribution is 5.07. The van der Waals surface area contributed by atoms with Crippen LogP contribution in [-0.4, -0.2) is 36.1 Å². The fraction of sp³-hybridized carbons (Fsp3) is 0.667. The van der Waals surface area contributed by atoms with Crippen molar-refractivity contribution in [2.75, 3.05) is 20.1 Å². The van der Waals surface area contributed by atoms with E-state index in [4.69, 9.17) is 0 Å². The number of aromatic nitrogens is 1. The minimum atomic E-state index is 0.334. The van der Waals surface area contributed by atoms with Gasteiger partial charge < -0.3 is 10.2 Å². The minimum Gasteiger partial charge on any atom is -0.306 e. The second kappa shape index (κ2) is 6.30. The van der Waals surface area contributed by atoms with E-state index in [1.807, 2.05) is 12.3 Å². The van der Waals surface area contributed by atoms with Crippen LogP contribution in [0.25, 0.3) is 0 Å². The summed E-state index contributed by atoms with van der Waals surface area (Å²) in [5.41, 5.74) is 1.14. The van der Waals surface area contributed by atoms with Crippen molar-refractivity contribution in [3.05, 3.63) is 30.1 Å². The lowest BCUT2D eigenvalue weighted by atomic mass is 9.90. The molecule has 1 aliphatic heterocycles. The second-order valence-corrected chi connectivity index (χ2v) is 5.57. The van der Waals surface area contributed by atoms with Crippen molar-refractivity contribution in [2.24, 2.45) is 5.92 Å². The van der Waals surface area contributed by atoms with Crippen molar-refractivity contribution < 1.29 is 0 Å². The average molecular weight is 247 g/mol. The zero-order valence-electron chi connectivity index (χ0n) is 11.8. The van der Waals surface area contributed by atoms with Crippen LogP contribution in [-0.2, 0) is 0 Å². The largest absolute Gasteiger partial charge is 0.306 e. The molecule has 2 atom stereocenters. The molecular formula is C15H25N3. The molecule has 0 aromatic carbocycles. The van der Waals surface area contributed by atoms with E-state index in [1.165, 1.54) is 25.9 Å². The molecule has 0 aliphatic carbocycles. The Morgan fingerprint density at radius 1 is 1.28 bits per heavy atom. The predicted molar refractivity (Wildman–Crippen MR) is 75.5 cm³/mol. The Labute approximate surface area is 111 Å². The molecule has 3 nitrogen and oxygen atoms in total. The molecule has 1 fully saturated rings. The Hall–Kier alpha value is -0.930. The number of rotatable bonds is 4. The van der Waals surface area contributed by atoms with Gasteiger partial charge in [0.15, 0.2) is 0 Å². The summed E-state index contributed by atoms with van der Waals surface area (Å²) in [7, 11) is 2.21. The van der Waals surface area contributed by atoms with Crippen molar-refractivity contribution in [3.63, 3.8) is 0 Å². The van der Waals surface area contributed by atoms with Crippen LogP contribution in [0.2, 0.25) is 0 Å². The fourth-order valence-electron chi connectivity index (χ4n) is 2.78. The Bertz CT molecular complexity index is 344. The van der Waals surface area contributed by atoms with Crippen LogP contribution in [0.15, 0.2) is 24.4 Å². The molecule has 1 unspecified atom stereocenters. The van der Waals surface area contributed by atoms with Gasteiger partial charge in [-0.25, -0.2) is 0 Å². The van der Waals surface area contributed by atoms with Crippen molar-refractivity contribution in [1.82, 2.24) is 15.2 Å². The average Bonchev–Trinajstić information content (AvgIpc) is 2.40. The molecule has 2 rings (SSSR count). The van der Waals surface area contributed by atoms with Gasteiger partial charge in [-0.3, -0.25) is 4.98 Å². The number of hydrogen-bond donors (Lipinski definition) is 1. The van der Waals surface area contributed by atoms with Crippen LogP contribution in [0.3, 0.4) is 0 Å². The molecule has 3 heteroatoms. The van der Waals surface area contributed by atoms with Gasteiger partial charge in [0.05, 0.1) is 5.69 Å². The normalized spacial score (nSPS) is 21.7. The topological polar surface area (TPSA) is 28.2 Å². The Kier molecular flexibility index (Phi) is 4.72. The molecule has 0 spiro atoms. The van der Waals surface area contributed by atoms with Gasteiger partial charge >= 0.3 is 0 Å². The first-order valence-corrected chi connectivity index (χ1v) is 7.02. The summed E-state index contributed by atoms with van der Waals surface area (Å²) >= 11 is 0. The molecule has 1 N–H and O–H groups in total. The summed E-state index contributed by atoms with van der Waals surface area (Å²) in [4.78, 5) is 6.84. The lowest BCUT2D eigenvalue weighted by Crippen LogP contribution is -2.41. The number of piperidine rings is 1. The zero-order chi connectivity index (χ0) is 13.0. The van der Waals surface area contributed by atoms with Crippen LogP contribution in [0.5, 0.6) is 0 Å². The van der Waals surface area contributed by atoms with E-state index in [9.17, 15) is 0 Å². The molecule has 1 aromatic heterocycles. The quantitative estimate of drug-likeness (QED) is 0.886. The van der Waals surface area contributed by atoms with Crippen LogP contribution < -0.4 is 5.32 Å².